The molecular formula is C27H11N5O2. The number of nitrogens with zero attached hydrogens (tertiary/aromatic N) is 5. The molecule has 34 heavy (non-hydrogen) atoms. The number of hydrogen-bond acceptors (Lipinski definition) is 7. The zero-order chi connectivity index (χ0) is 23.7. The van der Waals surface area contributed by atoms with Gasteiger partial charge in [-0.15, -0.1) is 0 Å². The molecule has 0 N–H and O–H groups in total. The molecule has 1 aliphatic carbocycles. The molecule has 156 valence electrons. The standard InChI is InChI=1S/C27H11N5O2/c28-12-17(13-29)25-19-8-4-5-9-20(19)26(18(14-30)15-31)21(25)10-24-32-27-23(33-24)11-22(34-27)16-6-2-1-3-7-16/h1-11H. The summed E-state index contributed by atoms with van der Waals surface area (Å²) in [5.74, 6) is 0.750. The molecule has 0 spiro atoms. The van der Waals surface area contributed by atoms with Crippen molar-refractivity contribution in [2.75, 3.05) is 0 Å². The van der Waals surface area contributed by atoms with Crippen molar-refractivity contribution in [3.05, 3.63) is 94.4 Å². The second-order valence-electron chi connectivity index (χ2n) is 7.25. The van der Waals surface area contributed by atoms with E-state index in [2.05, 4.69) is 4.98 Å². The van der Waals surface area contributed by atoms with Crippen LogP contribution in [0.4, 0.5) is 0 Å². The number of furan rings is 1. The molecule has 0 saturated carbocycles. The molecule has 2 heterocycles. The van der Waals surface area contributed by atoms with E-state index in [0.717, 1.165) is 5.56 Å². The van der Waals surface area contributed by atoms with E-state index < -0.39 is 0 Å². The zero-order valence-electron chi connectivity index (χ0n) is 17.4. The van der Waals surface area contributed by atoms with Gasteiger partial charge in [-0.1, -0.05) is 54.6 Å². The van der Waals surface area contributed by atoms with Gasteiger partial charge in [0.05, 0.1) is 0 Å². The van der Waals surface area contributed by atoms with E-state index in [0.29, 0.717) is 39.2 Å². The lowest BCUT2D eigenvalue weighted by molar-refractivity contribution is 0.588. The minimum absolute atomic E-state index is 0.148. The summed E-state index contributed by atoms with van der Waals surface area (Å²) in [5, 5.41) is 38.4. The second-order valence-corrected chi connectivity index (χ2v) is 7.25. The first-order valence-electron chi connectivity index (χ1n) is 10.1. The Bertz CT molecular complexity index is 1600. The highest BCUT2D eigenvalue weighted by molar-refractivity contribution is 6.14. The molecule has 7 nitrogen and oxygen atoms in total. The van der Waals surface area contributed by atoms with E-state index in [1.165, 1.54) is 6.08 Å². The van der Waals surface area contributed by atoms with E-state index >= 15 is 0 Å². The third kappa shape index (κ3) is 3.15. The molecule has 2 aromatic heterocycles. The summed E-state index contributed by atoms with van der Waals surface area (Å²) in [6.45, 7) is 0. The Morgan fingerprint density at radius 3 is 1.82 bits per heavy atom. The van der Waals surface area contributed by atoms with Gasteiger partial charge in [-0.05, 0) is 16.7 Å². The molecule has 0 amide bonds. The van der Waals surface area contributed by atoms with Crippen molar-refractivity contribution >= 4 is 28.5 Å². The van der Waals surface area contributed by atoms with Gasteiger partial charge in [-0.2, -0.15) is 26.0 Å². The fraction of sp³-hybridized carbons (Fsp3) is 0. The highest BCUT2D eigenvalue weighted by Gasteiger charge is 2.32. The van der Waals surface area contributed by atoms with Crippen LogP contribution in [0.1, 0.15) is 17.0 Å². The van der Waals surface area contributed by atoms with E-state index in [1.54, 1.807) is 30.3 Å². The van der Waals surface area contributed by atoms with Crippen LogP contribution in [0.15, 0.2) is 86.2 Å². The fourth-order valence-electron chi connectivity index (χ4n) is 3.97. The lowest BCUT2D eigenvalue weighted by Crippen LogP contribution is -1.90. The number of nitriles is 4. The third-order valence-electron chi connectivity index (χ3n) is 5.38. The summed E-state index contributed by atoms with van der Waals surface area (Å²) >= 11 is 0. The Morgan fingerprint density at radius 2 is 1.29 bits per heavy atom. The highest BCUT2D eigenvalue weighted by Crippen LogP contribution is 2.48. The van der Waals surface area contributed by atoms with Gasteiger partial charge in [0, 0.05) is 28.9 Å². The minimum atomic E-state index is -0.148. The Hall–Kier alpha value is -5.63. The van der Waals surface area contributed by atoms with Crippen molar-refractivity contribution in [3.63, 3.8) is 0 Å². The van der Waals surface area contributed by atoms with Crippen LogP contribution in [0, 0.1) is 45.3 Å². The molecular weight excluding hydrogens is 426 g/mol. The third-order valence-corrected chi connectivity index (χ3v) is 5.38. The predicted molar refractivity (Wildman–Crippen MR) is 122 cm³/mol. The van der Waals surface area contributed by atoms with Crippen LogP contribution in [-0.2, 0) is 0 Å². The molecule has 0 aliphatic heterocycles. The molecule has 2 aromatic carbocycles. The van der Waals surface area contributed by atoms with Gasteiger partial charge in [0.25, 0.3) is 5.71 Å². The Kier molecular flexibility index (Phi) is 4.85. The van der Waals surface area contributed by atoms with Crippen molar-refractivity contribution < 1.29 is 8.83 Å². The van der Waals surface area contributed by atoms with Gasteiger partial charge in [0.1, 0.15) is 41.2 Å². The zero-order valence-corrected chi connectivity index (χ0v) is 17.4. The summed E-state index contributed by atoms with van der Waals surface area (Å²) < 4.78 is 11.7. The van der Waals surface area contributed by atoms with Crippen molar-refractivity contribution in [2.45, 2.75) is 0 Å². The number of rotatable bonds is 2. The first-order valence-corrected chi connectivity index (χ1v) is 10.1. The van der Waals surface area contributed by atoms with Crippen LogP contribution >= 0.6 is 0 Å². The number of allylic oxidation sites excluding steroid dienone is 5. The van der Waals surface area contributed by atoms with Crippen molar-refractivity contribution in [3.8, 4) is 35.6 Å². The summed E-state index contributed by atoms with van der Waals surface area (Å²) in [6, 6.07) is 25.9. The molecule has 4 aromatic rings. The van der Waals surface area contributed by atoms with Crippen molar-refractivity contribution in [1.82, 2.24) is 4.98 Å². The van der Waals surface area contributed by atoms with Crippen LogP contribution in [0.2, 0.25) is 0 Å². The summed E-state index contributed by atoms with van der Waals surface area (Å²) in [6.07, 6.45) is 1.52. The van der Waals surface area contributed by atoms with Gasteiger partial charge < -0.3 is 8.83 Å². The van der Waals surface area contributed by atoms with Gasteiger partial charge in [0.2, 0.25) is 5.89 Å². The van der Waals surface area contributed by atoms with Crippen LogP contribution in [0.5, 0.6) is 0 Å². The number of benzene rings is 2. The quantitative estimate of drug-likeness (QED) is 0.362. The maximum Gasteiger partial charge on any atom is 0.266 e. The monoisotopic (exact) mass is 437 g/mol. The molecule has 5 rings (SSSR count). The molecule has 0 fully saturated rings. The summed E-state index contributed by atoms with van der Waals surface area (Å²) in [5.41, 5.74) is 3.39. The molecule has 0 bridgehead atoms. The average Bonchev–Trinajstić information content (AvgIpc) is 3.53. The molecule has 0 atom stereocenters. The maximum atomic E-state index is 9.60. The topological polar surface area (TPSA) is 134 Å². The predicted octanol–water partition coefficient (Wildman–Crippen LogP) is 5.79. The van der Waals surface area contributed by atoms with E-state index in [9.17, 15) is 21.0 Å². The maximum absolute atomic E-state index is 9.60. The lowest BCUT2D eigenvalue weighted by atomic mass is 9.96. The molecule has 0 radical (unpaired) electrons. The van der Waals surface area contributed by atoms with E-state index in [-0.39, 0.29) is 22.8 Å². The molecule has 0 unspecified atom stereocenters. The average molecular weight is 437 g/mol. The molecule has 1 aliphatic rings. The van der Waals surface area contributed by atoms with Gasteiger partial charge in [0.15, 0.2) is 5.58 Å². The van der Waals surface area contributed by atoms with Crippen molar-refractivity contribution in [1.29, 1.82) is 21.0 Å². The molecule has 0 saturated heterocycles. The first-order chi connectivity index (χ1) is 16.7. The second kappa shape index (κ2) is 8.13. The van der Waals surface area contributed by atoms with Crippen molar-refractivity contribution in [2.24, 2.45) is 0 Å². The van der Waals surface area contributed by atoms with Crippen LogP contribution in [0.3, 0.4) is 0 Å². The molecule has 7 heteroatoms. The number of oxazole rings is 1. The largest absolute Gasteiger partial charge is 0.435 e. The fourth-order valence-corrected chi connectivity index (χ4v) is 3.97. The Labute approximate surface area is 193 Å². The number of aromatic nitrogens is 1. The number of hydrogen-bond donors (Lipinski definition) is 0. The van der Waals surface area contributed by atoms with E-state index in [1.807, 2.05) is 54.6 Å². The van der Waals surface area contributed by atoms with Crippen LogP contribution < -0.4 is 0 Å². The highest BCUT2D eigenvalue weighted by atomic mass is 16.4. The minimum Gasteiger partial charge on any atom is -0.435 e. The normalized spacial score (nSPS) is 11.8. The van der Waals surface area contributed by atoms with Gasteiger partial charge in [-0.25, -0.2) is 0 Å². The number of fused-ring (bicyclic) bond motifs is 2. The van der Waals surface area contributed by atoms with Gasteiger partial charge >= 0.3 is 0 Å². The Balaban J connectivity index is 1.73. The van der Waals surface area contributed by atoms with E-state index in [4.69, 9.17) is 8.83 Å². The van der Waals surface area contributed by atoms with Crippen LogP contribution in [-0.4, -0.2) is 4.98 Å². The summed E-state index contributed by atoms with van der Waals surface area (Å²) in [7, 11) is 0. The smallest absolute Gasteiger partial charge is 0.266 e. The SMILES string of the molecule is N#CC(C#N)=C1C(=Cc2nc3oc(-c4ccccc4)cc3o2)C(=C(C#N)C#N)c2ccccc21. The first kappa shape index (κ1) is 20.3. The van der Waals surface area contributed by atoms with Crippen LogP contribution in [0.25, 0.3) is 39.8 Å². The lowest BCUT2D eigenvalue weighted by Gasteiger charge is -2.03. The summed E-state index contributed by atoms with van der Waals surface area (Å²) in [4.78, 5) is 4.39. The Morgan fingerprint density at radius 1 is 0.735 bits per heavy atom. The van der Waals surface area contributed by atoms with Gasteiger partial charge in [-0.3, -0.25) is 0 Å².